The van der Waals surface area contributed by atoms with Crippen molar-refractivity contribution >= 4 is 29.6 Å². The van der Waals surface area contributed by atoms with Crippen molar-refractivity contribution in [1.29, 1.82) is 0 Å². The molecule has 37 heavy (non-hydrogen) atoms. The molecule has 0 saturated carbocycles. The molecule has 0 aromatic heterocycles. The van der Waals surface area contributed by atoms with E-state index in [1.165, 1.54) is 27.2 Å². The lowest BCUT2D eigenvalue weighted by Gasteiger charge is -2.44. The van der Waals surface area contributed by atoms with Crippen LogP contribution in [0.25, 0.3) is 0 Å². The lowest BCUT2D eigenvalue weighted by molar-refractivity contribution is -0.292. The normalized spacial score (nSPS) is 23.1. The maximum absolute atomic E-state index is 12.1. The van der Waals surface area contributed by atoms with E-state index in [9.17, 15) is 24.0 Å². The van der Waals surface area contributed by atoms with Gasteiger partial charge in [-0.1, -0.05) is 32.6 Å². The third kappa shape index (κ3) is 13.5. The van der Waals surface area contributed by atoms with Gasteiger partial charge < -0.3 is 24.3 Å². The van der Waals surface area contributed by atoms with Gasteiger partial charge in [0.2, 0.25) is 12.2 Å². The van der Waals surface area contributed by atoms with Crippen LogP contribution < -0.4 is 10.8 Å². The molecular weight excluding hydrogens is 488 g/mol. The fraction of sp³-hybridized carbons (Fsp3) is 0.800. The van der Waals surface area contributed by atoms with Gasteiger partial charge >= 0.3 is 17.9 Å². The average Bonchev–Trinajstić information content (AvgIpc) is 2.80. The Hall–Kier alpha value is -2.57. The van der Waals surface area contributed by atoms with E-state index in [1.807, 2.05) is 0 Å². The van der Waals surface area contributed by atoms with Crippen LogP contribution in [0.4, 0.5) is 0 Å². The Morgan fingerprint density at radius 1 is 0.784 bits per heavy atom. The summed E-state index contributed by atoms with van der Waals surface area (Å²) in [5, 5.41) is 2.61. The highest BCUT2D eigenvalue weighted by Gasteiger charge is 2.51. The van der Waals surface area contributed by atoms with Gasteiger partial charge in [-0.3, -0.25) is 28.8 Å². The van der Waals surface area contributed by atoms with E-state index in [0.29, 0.717) is 25.8 Å². The van der Waals surface area contributed by atoms with Gasteiger partial charge in [0.05, 0.1) is 0 Å². The van der Waals surface area contributed by atoms with Crippen LogP contribution in [0.1, 0.15) is 86.0 Å². The summed E-state index contributed by atoms with van der Waals surface area (Å²) in [5.74, 6) is -2.25. The van der Waals surface area contributed by atoms with Crippen molar-refractivity contribution in [3.8, 4) is 0 Å². The predicted molar refractivity (Wildman–Crippen MR) is 131 cm³/mol. The molecule has 5 unspecified atom stereocenters. The highest BCUT2D eigenvalue weighted by atomic mass is 16.8. The van der Waals surface area contributed by atoms with Crippen LogP contribution in [-0.2, 0) is 47.8 Å². The van der Waals surface area contributed by atoms with E-state index < -0.39 is 54.5 Å². The zero-order valence-corrected chi connectivity index (χ0v) is 22.5. The van der Waals surface area contributed by atoms with Crippen LogP contribution in [0.3, 0.4) is 0 Å². The minimum Gasteiger partial charge on any atom is -0.463 e. The molecule has 212 valence electrons. The number of ketones is 1. The quantitative estimate of drug-likeness (QED) is 0.122. The van der Waals surface area contributed by atoms with Crippen LogP contribution in [0.15, 0.2) is 0 Å². The molecule has 1 fully saturated rings. The summed E-state index contributed by atoms with van der Waals surface area (Å²) in [7, 11) is 0. The molecule has 12 nitrogen and oxygen atoms in total. The molecule has 0 aromatic carbocycles. The number of amides is 1. The molecule has 1 aliphatic rings. The Balaban J connectivity index is 2.82. The summed E-state index contributed by atoms with van der Waals surface area (Å²) < 4.78 is 21.7. The number of hydroxylamine groups is 1. The molecule has 2 N–H and O–H groups in total. The fourth-order valence-corrected chi connectivity index (χ4v) is 3.94. The first kappa shape index (κ1) is 32.5. The van der Waals surface area contributed by atoms with Gasteiger partial charge in [-0.25, -0.2) is 0 Å². The third-order valence-corrected chi connectivity index (χ3v) is 5.56. The largest absolute Gasteiger partial charge is 0.463 e. The molecule has 0 bridgehead atoms. The van der Waals surface area contributed by atoms with E-state index in [0.717, 1.165) is 32.6 Å². The molecule has 12 heteroatoms. The summed E-state index contributed by atoms with van der Waals surface area (Å²) in [6, 6.07) is -1.06. The Bertz CT molecular complexity index is 760. The Labute approximate surface area is 218 Å². The molecule has 1 rings (SSSR count). The minimum atomic E-state index is -1.20. The topological polar surface area (TPSA) is 156 Å². The lowest BCUT2D eigenvalue weighted by Crippen LogP contribution is -2.67. The predicted octanol–water partition coefficient (Wildman–Crippen LogP) is 1.87. The number of Topliss-reactive ketones (excluding diaryl/α,β-unsaturated/α-hetero) is 1. The number of rotatable bonds is 17. The van der Waals surface area contributed by atoms with Crippen LogP contribution in [0, 0.1) is 0 Å². The summed E-state index contributed by atoms with van der Waals surface area (Å²) in [6.45, 7) is 6.94. The second-order valence-electron chi connectivity index (χ2n) is 9.04. The monoisotopic (exact) mass is 530 g/mol. The molecule has 0 radical (unpaired) electrons. The molecule has 5 atom stereocenters. The smallest absolute Gasteiger partial charge is 0.303 e. The van der Waals surface area contributed by atoms with Crippen molar-refractivity contribution in [3.05, 3.63) is 0 Å². The summed E-state index contributed by atoms with van der Waals surface area (Å²) >= 11 is 0. The van der Waals surface area contributed by atoms with Crippen LogP contribution in [-0.4, -0.2) is 73.4 Å². The average molecular weight is 531 g/mol. The molecule has 1 heterocycles. The van der Waals surface area contributed by atoms with Crippen molar-refractivity contribution in [2.45, 2.75) is 117 Å². The second-order valence-corrected chi connectivity index (χ2v) is 9.04. The van der Waals surface area contributed by atoms with E-state index in [2.05, 4.69) is 17.7 Å². The van der Waals surface area contributed by atoms with Gasteiger partial charge in [-0.2, -0.15) is 5.48 Å². The molecule has 0 spiro atoms. The van der Waals surface area contributed by atoms with Crippen LogP contribution in [0.2, 0.25) is 0 Å². The zero-order chi connectivity index (χ0) is 27.8. The number of carbonyl (C=O) groups is 5. The standard InChI is InChI=1S/C25H42N2O10/c1-6-7-8-9-10-12-20(32)13-11-14-26-37-25-22(27-16(2)28)24(35-19(5)31)23(34-18(4)30)21(36-25)15-33-17(3)29/h21-26H,6-15H2,1-5H3,(H,27,28). The van der Waals surface area contributed by atoms with E-state index >= 15 is 0 Å². The highest BCUT2D eigenvalue weighted by Crippen LogP contribution is 2.27. The number of carbonyl (C=O) groups excluding carboxylic acids is 5. The molecule has 1 saturated heterocycles. The van der Waals surface area contributed by atoms with Crippen molar-refractivity contribution < 1.29 is 47.8 Å². The maximum Gasteiger partial charge on any atom is 0.303 e. The number of nitrogens with one attached hydrogen (secondary N) is 2. The van der Waals surface area contributed by atoms with E-state index in [-0.39, 0.29) is 12.4 Å². The van der Waals surface area contributed by atoms with Gasteiger partial charge in [0, 0.05) is 47.1 Å². The number of unbranched alkanes of at least 4 members (excludes halogenated alkanes) is 4. The highest BCUT2D eigenvalue weighted by molar-refractivity contribution is 5.78. The van der Waals surface area contributed by atoms with Crippen molar-refractivity contribution in [3.63, 3.8) is 0 Å². The number of hydrogen-bond donors (Lipinski definition) is 2. The third-order valence-electron chi connectivity index (χ3n) is 5.56. The first-order valence-electron chi connectivity index (χ1n) is 12.9. The van der Waals surface area contributed by atoms with E-state index in [4.69, 9.17) is 23.8 Å². The van der Waals surface area contributed by atoms with Crippen molar-refractivity contribution in [1.82, 2.24) is 10.8 Å². The van der Waals surface area contributed by atoms with Gasteiger partial charge in [0.15, 0.2) is 12.2 Å². The summed E-state index contributed by atoms with van der Waals surface area (Å²) in [4.78, 5) is 64.6. The number of esters is 3. The van der Waals surface area contributed by atoms with Crippen LogP contribution in [0.5, 0.6) is 0 Å². The minimum absolute atomic E-state index is 0.184. The van der Waals surface area contributed by atoms with Crippen molar-refractivity contribution in [2.75, 3.05) is 13.2 Å². The fourth-order valence-electron chi connectivity index (χ4n) is 3.94. The van der Waals surface area contributed by atoms with Crippen LogP contribution >= 0.6 is 0 Å². The number of ether oxygens (including phenoxy) is 4. The Kier molecular flexibility index (Phi) is 15.6. The first-order valence-corrected chi connectivity index (χ1v) is 12.9. The maximum atomic E-state index is 12.1. The van der Waals surface area contributed by atoms with Gasteiger partial charge in [0.25, 0.3) is 0 Å². The lowest BCUT2D eigenvalue weighted by atomic mass is 9.96. The van der Waals surface area contributed by atoms with Crippen molar-refractivity contribution in [2.24, 2.45) is 0 Å². The van der Waals surface area contributed by atoms with E-state index in [1.54, 1.807) is 0 Å². The van der Waals surface area contributed by atoms with Gasteiger partial charge in [-0.15, -0.1) is 0 Å². The zero-order valence-electron chi connectivity index (χ0n) is 22.5. The Morgan fingerprint density at radius 3 is 2.00 bits per heavy atom. The molecule has 0 aliphatic carbocycles. The number of hydrogen-bond acceptors (Lipinski definition) is 11. The molecule has 0 aromatic rings. The van der Waals surface area contributed by atoms with Gasteiger partial charge in [-0.05, 0) is 12.8 Å². The molecule has 1 aliphatic heterocycles. The Morgan fingerprint density at radius 2 is 1.41 bits per heavy atom. The molecule has 1 amide bonds. The second kappa shape index (κ2) is 17.8. The molecular formula is C25H42N2O10. The first-order chi connectivity index (χ1) is 17.5. The van der Waals surface area contributed by atoms with Gasteiger partial charge in [0.1, 0.15) is 24.5 Å². The summed E-state index contributed by atoms with van der Waals surface area (Å²) in [6.07, 6.45) is 2.26. The SMILES string of the molecule is CCCCCCCC(=O)CCCNOC1OC(COC(C)=O)C(OC(C)=O)C(OC(C)=O)C1NC(C)=O. The summed E-state index contributed by atoms with van der Waals surface area (Å²) in [5.41, 5.74) is 2.73.